The van der Waals surface area contributed by atoms with Crippen molar-refractivity contribution in [2.45, 2.75) is 45.2 Å². The molecule has 1 saturated heterocycles. The zero-order valence-corrected chi connectivity index (χ0v) is 10.7. The first-order valence-electron chi connectivity index (χ1n) is 6.23. The number of esters is 1. The molecule has 2 unspecified atom stereocenters. The highest BCUT2D eigenvalue weighted by atomic mass is 16.5. The molecular weight excluding hydrogens is 204 g/mol. The molecule has 0 amide bonds. The second-order valence-electron chi connectivity index (χ2n) is 4.47. The Morgan fingerprint density at radius 3 is 2.88 bits per heavy atom. The minimum absolute atomic E-state index is 0.170. The van der Waals surface area contributed by atoms with Gasteiger partial charge in [0.2, 0.25) is 0 Å². The maximum absolute atomic E-state index is 11.3. The molecular formula is C12H24N2O2. The lowest BCUT2D eigenvalue weighted by atomic mass is 10.1. The van der Waals surface area contributed by atoms with Gasteiger partial charge < -0.3 is 15.0 Å². The van der Waals surface area contributed by atoms with Gasteiger partial charge in [-0.2, -0.15) is 0 Å². The quantitative estimate of drug-likeness (QED) is 0.729. The van der Waals surface area contributed by atoms with E-state index in [9.17, 15) is 4.79 Å². The Morgan fingerprint density at radius 2 is 2.25 bits per heavy atom. The number of carbonyl (C=O) groups excluding carboxylic acids is 1. The Kier molecular flexibility index (Phi) is 5.77. The monoisotopic (exact) mass is 228 g/mol. The van der Waals surface area contributed by atoms with Gasteiger partial charge >= 0.3 is 5.97 Å². The number of hydrogen-bond acceptors (Lipinski definition) is 4. The number of ether oxygens (including phenoxy) is 1. The molecule has 0 bridgehead atoms. The van der Waals surface area contributed by atoms with E-state index in [0.29, 0.717) is 6.04 Å². The van der Waals surface area contributed by atoms with Crippen molar-refractivity contribution in [1.82, 2.24) is 10.2 Å². The molecule has 0 aromatic carbocycles. The van der Waals surface area contributed by atoms with Crippen molar-refractivity contribution in [3.05, 3.63) is 0 Å². The summed E-state index contributed by atoms with van der Waals surface area (Å²) >= 11 is 0. The number of nitrogens with zero attached hydrogens (tertiary/aromatic N) is 1. The van der Waals surface area contributed by atoms with Crippen molar-refractivity contribution in [2.75, 3.05) is 26.7 Å². The summed E-state index contributed by atoms with van der Waals surface area (Å²) in [5.41, 5.74) is 0. The summed E-state index contributed by atoms with van der Waals surface area (Å²) in [5, 5.41) is 3.35. The Labute approximate surface area is 98.3 Å². The van der Waals surface area contributed by atoms with Crippen LogP contribution in [0.3, 0.4) is 0 Å². The molecule has 0 spiro atoms. The molecule has 94 valence electrons. The van der Waals surface area contributed by atoms with Crippen LogP contribution in [0.5, 0.6) is 0 Å². The van der Waals surface area contributed by atoms with Crippen LogP contribution in [0.1, 0.15) is 33.1 Å². The number of likely N-dealkylation sites (tertiary alicyclic amines) is 1. The van der Waals surface area contributed by atoms with E-state index >= 15 is 0 Å². The van der Waals surface area contributed by atoms with Crippen molar-refractivity contribution in [3.8, 4) is 0 Å². The van der Waals surface area contributed by atoms with E-state index in [0.717, 1.165) is 25.9 Å². The fraction of sp³-hybridized carbons (Fsp3) is 0.917. The second-order valence-corrected chi connectivity index (χ2v) is 4.47. The van der Waals surface area contributed by atoms with Gasteiger partial charge in [0.1, 0.15) is 6.04 Å². The van der Waals surface area contributed by atoms with E-state index in [1.54, 1.807) is 0 Å². The molecule has 0 aromatic heterocycles. The first-order valence-corrected chi connectivity index (χ1v) is 6.23. The molecule has 0 radical (unpaired) electrons. The van der Waals surface area contributed by atoms with E-state index in [-0.39, 0.29) is 12.0 Å². The van der Waals surface area contributed by atoms with E-state index in [1.165, 1.54) is 20.1 Å². The minimum Gasteiger partial charge on any atom is -0.468 e. The molecule has 1 heterocycles. The molecule has 0 saturated carbocycles. The summed E-state index contributed by atoms with van der Waals surface area (Å²) in [7, 11) is 1.44. The van der Waals surface area contributed by atoms with Gasteiger partial charge in [0, 0.05) is 6.04 Å². The number of nitrogens with one attached hydrogen (secondary N) is 1. The lowest BCUT2D eigenvalue weighted by molar-refractivity contribution is -0.142. The van der Waals surface area contributed by atoms with Crippen LogP contribution >= 0.6 is 0 Å². The maximum atomic E-state index is 11.3. The van der Waals surface area contributed by atoms with Crippen molar-refractivity contribution >= 4 is 5.97 Å². The number of rotatable bonds is 4. The van der Waals surface area contributed by atoms with Crippen molar-refractivity contribution in [1.29, 1.82) is 0 Å². The first-order chi connectivity index (χ1) is 7.67. The molecule has 2 atom stereocenters. The summed E-state index contributed by atoms with van der Waals surface area (Å²) in [4.78, 5) is 13.8. The van der Waals surface area contributed by atoms with Crippen LogP contribution in [0.25, 0.3) is 0 Å². The predicted molar refractivity (Wildman–Crippen MR) is 64.4 cm³/mol. The fourth-order valence-corrected chi connectivity index (χ4v) is 2.24. The van der Waals surface area contributed by atoms with Gasteiger partial charge in [0.25, 0.3) is 0 Å². The lowest BCUT2D eigenvalue weighted by Crippen LogP contribution is -2.42. The summed E-state index contributed by atoms with van der Waals surface area (Å²) < 4.78 is 4.72. The molecule has 4 nitrogen and oxygen atoms in total. The SMILES string of the molecule is CCN1CCCC(NC(C)C(=O)OC)CC1. The molecule has 0 aliphatic carbocycles. The Hall–Kier alpha value is -0.610. The van der Waals surface area contributed by atoms with Crippen LogP contribution < -0.4 is 5.32 Å². The third-order valence-corrected chi connectivity index (χ3v) is 3.31. The van der Waals surface area contributed by atoms with Gasteiger partial charge in [-0.3, -0.25) is 4.79 Å². The van der Waals surface area contributed by atoms with Gasteiger partial charge in [-0.05, 0) is 45.8 Å². The van der Waals surface area contributed by atoms with Gasteiger partial charge in [-0.25, -0.2) is 0 Å². The van der Waals surface area contributed by atoms with Crippen molar-refractivity contribution in [3.63, 3.8) is 0 Å². The van der Waals surface area contributed by atoms with Crippen LogP contribution in [-0.2, 0) is 9.53 Å². The third-order valence-electron chi connectivity index (χ3n) is 3.31. The summed E-state index contributed by atoms with van der Waals surface area (Å²) in [5.74, 6) is -0.170. The molecule has 4 heteroatoms. The topological polar surface area (TPSA) is 41.6 Å². The Bertz CT molecular complexity index is 221. The van der Waals surface area contributed by atoms with E-state index in [4.69, 9.17) is 4.74 Å². The normalized spacial score (nSPS) is 24.8. The highest BCUT2D eigenvalue weighted by Gasteiger charge is 2.20. The zero-order valence-electron chi connectivity index (χ0n) is 10.7. The fourth-order valence-electron chi connectivity index (χ4n) is 2.24. The van der Waals surface area contributed by atoms with Crippen LogP contribution in [0.15, 0.2) is 0 Å². The number of methoxy groups -OCH3 is 1. The Balaban J connectivity index is 2.34. The molecule has 16 heavy (non-hydrogen) atoms. The summed E-state index contributed by atoms with van der Waals surface area (Å²) in [6.07, 6.45) is 3.48. The molecule has 1 aliphatic rings. The average molecular weight is 228 g/mol. The standard InChI is InChI=1S/C12H24N2O2/c1-4-14-8-5-6-11(7-9-14)13-10(2)12(15)16-3/h10-11,13H,4-9H2,1-3H3. The van der Waals surface area contributed by atoms with Crippen LogP contribution in [-0.4, -0.2) is 49.7 Å². The molecule has 0 aromatic rings. The van der Waals surface area contributed by atoms with E-state index in [1.807, 2.05) is 6.92 Å². The van der Waals surface area contributed by atoms with Gasteiger partial charge in [-0.15, -0.1) is 0 Å². The zero-order chi connectivity index (χ0) is 12.0. The summed E-state index contributed by atoms with van der Waals surface area (Å²) in [6, 6.07) is 0.258. The maximum Gasteiger partial charge on any atom is 0.322 e. The predicted octanol–water partition coefficient (Wildman–Crippen LogP) is 1.01. The molecule has 1 aliphatic heterocycles. The highest BCUT2D eigenvalue weighted by Crippen LogP contribution is 2.11. The smallest absolute Gasteiger partial charge is 0.322 e. The van der Waals surface area contributed by atoms with E-state index in [2.05, 4.69) is 17.1 Å². The Morgan fingerprint density at radius 1 is 1.50 bits per heavy atom. The minimum atomic E-state index is -0.192. The highest BCUT2D eigenvalue weighted by molar-refractivity contribution is 5.75. The summed E-state index contributed by atoms with van der Waals surface area (Å²) in [6.45, 7) is 7.50. The number of hydrogen-bond donors (Lipinski definition) is 1. The second kappa shape index (κ2) is 6.86. The van der Waals surface area contributed by atoms with Gasteiger partial charge in [0.05, 0.1) is 7.11 Å². The third kappa shape index (κ3) is 4.10. The molecule has 1 fully saturated rings. The number of carbonyl (C=O) groups is 1. The largest absolute Gasteiger partial charge is 0.468 e. The van der Waals surface area contributed by atoms with Crippen molar-refractivity contribution < 1.29 is 9.53 Å². The molecule has 1 rings (SSSR count). The van der Waals surface area contributed by atoms with Crippen LogP contribution in [0.2, 0.25) is 0 Å². The molecule has 1 N–H and O–H groups in total. The van der Waals surface area contributed by atoms with E-state index < -0.39 is 0 Å². The van der Waals surface area contributed by atoms with Gasteiger partial charge in [0.15, 0.2) is 0 Å². The van der Waals surface area contributed by atoms with Gasteiger partial charge in [-0.1, -0.05) is 6.92 Å². The van der Waals surface area contributed by atoms with Crippen LogP contribution in [0.4, 0.5) is 0 Å². The first kappa shape index (κ1) is 13.5. The van der Waals surface area contributed by atoms with Crippen molar-refractivity contribution in [2.24, 2.45) is 0 Å². The average Bonchev–Trinajstić information content (AvgIpc) is 2.53. The lowest BCUT2D eigenvalue weighted by Gasteiger charge is -2.21. The van der Waals surface area contributed by atoms with Crippen LogP contribution in [0, 0.1) is 0 Å².